The Kier molecular flexibility index (Phi) is 4.30. The van der Waals surface area contributed by atoms with Gasteiger partial charge in [0.1, 0.15) is 0 Å². The van der Waals surface area contributed by atoms with Crippen LogP contribution in [0.15, 0.2) is 11.4 Å². The summed E-state index contributed by atoms with van der Waals surface area (Å²) >= 11 is 1.23. The number of nitrogens with zero attached hydrogens (tertiary/aromatic N) is 3. The molecular weight excluding hydrogens is 276 g/mol. The molecule has 2 aliphatic rings. The third-order valence-corrected chi connectivity index (χ3v) is 5.07. The molecule has 1 aromatic heterocycles. The molecule has 0 aromatic carbocycles. The highest BCUT2D eigenvalue weighted by Gasteiger charge is 2.28. The van der Waals surface area contributed by atoms with Gasteiger partial charge in [0.25, 0.3) is 0 Å². The maximum atomic E-state index is 10.7. The SMILES string of the molecule is O=[N+]([O-])c1cc(CN2CCC(N3CCNCC3)C2)cs1. The molecule has 0 spiro atoms. The van der Waals surface area contributed by atoms with Crippen LogP contribution in [0.1, 0.15) is 12.0 Å². The average Bonchev–Trinajstić information content (AvgIpc) is 3.10. The summed E-state index contributed by atoms with van der Waals surface area (Å²) in [7, 11) is 0. The first-order valence-corrected chi connectivity index (χ1v) is 7.99. The van der Waals surface area contributed by atoms with Gasteiger partial charge in [0.2, 0.25) is 0 Å². The second-order valence-electron chi connectivity index (χ2n) is 5.51. The summed E-state index contributed by atoms with van der Waals surface area (Å²) in [6, 6.07) is 2.37. The third kappa shape index (κ3) is 3.17. The summed E-state index contributed by atoms with van der Waals surface area (Å²) < 4.78 is 0. The fourth-order valence-corrected chi connectivity index (χ4v) is 3.82. The molecule has 1 unspecified atom stereocenters. The van der Waals surface area contributed by atoms with Crippen molar-refractivity contribution in [1.82, 2.24) is 15.1 Å². The minimum absolute atomic E-state index is 0.248. The van der Waals surface area contributed by atoms with E-state index in [2.05, 4.69) is 15.1 Å². The lowest BCUT2D eigenvalue weighted by Gasteiger charge is -2.32. The van der Waals surface area contributed by atoms with Crippen molar-refractivity contribution in [1.29, 1.82) is 0 Å². The van der Waals surface area contributed by atoms with E-state index >= 15 is 0 Å². The molecule has 110 valence electrons. The molecule has 1 N–H and O–H groups in total. The molecule has 0 radical (unpaired) electrons. The minimum atomic E-state index is -0.304. The number of rotatable bonds is 4. The van der Waals surface area contributed by atoms with Gasteiger partial charge in [-0.1, -0.05) is 11.3 Å². The van der Waals surface area contributed by atoms with Crippen LogP contribution in [0.2, 0.25) is 0 Å². The maximum Gasteiger partial charge on any atom is 0.324 e. The highest BCUT2D eigenvalue weighted by atomic mass is 32.1. The lowest BCUT2D eigenvalue weighted by atomic mass is 10.2. The fraction of sp³-hybridized carbons (Fsp3) is 0.692. The molecular formula is C13H20N4O2S. The van der Waals surface area contributed by atoms with E-state index in [9.17, 15) is 10.1 Å². The monoisotopic (exact) mass is 296 g/mol. The first-order valence-electron chi connectivity index (χ1n) is 7.11. The Labute approximate surface area is 122 Å². The second kappa shape index (κ2) is 6.17. The van der Waals surface area contributed by atoms with Crippen molar-refractivity contribution in [3.63, 3.8) is 0 Å². The van der Waals surface area contributed by atoms with Crippen LogP contribution in [-0.4, -0.2) is 60.0 Å². The zero-order valence-corrected chi connectivity index (χ0v) is 12.3. The molecule has 6 nitrogen and oxygen atoms in total. The topological polar surface area (TPSA) is 61.7 Å². The summed E-state index contributed by atoms with van der Waals surface area (Å²) in [5.41, 5.74) is 1.07. The summed E-state index contributed by atoms with van der Waals surface area (Å²) in [5, 5.41) is 16.2. The number of nitrogens with one attached hydrogen (secondary N) is 1. The first kappa shape index (κ1) is 13.9. The van der Waals surface area contributed by atoms with Crippen LogP contribution in [0.25, 0.3) is 0 Å². The van der Waals surface area contributed by atoms with Gasteiger partial charge in [0.05, 0.1) is 4.92 Å². The zero-order chi connectivity index (χ0) is 13.9. The van der Waals surface area contributed by atoms with Crippen LogP contribution in [-0.2, 0) is 6.54 Å². The lowest BCUT2D eigenvalue weighted by molar-refractivity contribution is -0.380. The van der Waals surface area contributed by atoms with Crippen molar-refractivity contribution in [2.75, 3.05) is 39.3 Å². The number of hydrogen-bond acceptors (Lipinski definition) is 6. The second-order valence-corrected chi connectivity index (χ2v) is 6.40. The van der Waals surface area contributed by atoms with Crippen LogP contribution < -0.4 is 5.32 Å². The largest absolute Gasteiger partial charge is 0.324 e. The molecule has 0 bridgehead atoms. The Morgan fingerprint density at radius 2 is 2.20 bits per heavy atom. The van der Waals surface area contributed by atoms with Gasteiger partial charge in [-0.2, -0.15) is 0 Å². The van der Waals surface area contributed by atoms with E-state index in [-0.39, 0.29) is 9.92 Å². The number of likely N-dealkylation sites (tertiary alicyclic amines) is 1. The summed E-state index contributed by atoms with van der Waals surface area (Å²) in [5.74, 6) is 0. The highest BCUT2D eigenvalue weighted by Crippen LogP contribution is 2.25. The Balaban J connectivity index is 1.52. The molecule has 0 aliphatic carbocycles. The quantitative estimate of drug-likeness (QED) is 0.667. The summed E-state index contributed by atoms with van der Waals surface area (Å²) in [6.45, 7) is 7.49. The van der Waals surface area contributed by atoms with Crippen LogP contribution in [0.4, 0.5) is 5.00 Å². The van der Waals surface area contributed by atoms with E-state index in [1.54, 1.807) is 6.07 Å². The van der Waals surface area contributed by atoms with Crippen LogP contribution in [0, 0.1) is 10.1 Å². The Bertz CT molecular complexity index is 473. The molecule has 1 aromatic rings. The van der Waals surface area contributed by atoms with Gasteiger partial charge in [0, 0.05) is 63.3 Å². The van der Waals surface area contributed by atoms with Gasteiger partial charge in [0.15, 0.2) is 0 Å². The van der Waals surface area contributed by atoms with Gasteiger partial charge in [-0.3, -0.25) is 19.9 Å². The molecule has 2 aliphatic heterocycles. The molecule has 7 heteroatoms. The number of piperazine rings is 1. The van der Waals surface area contributed by atoms with Gasteiger partial charge in [-0.15, -0.1) is 0 Å². The average molecular weight is 296 g/mol. The van der Waals surface area contributed by atoms with E-state index in [1.807, 2.05) is 5.38 Å². The normalized spacial score (nSPS) is 25.1. The Morgan fingerprint density at radius 3 is 2.90 bits per heavy atom. The van der Waals surface area contributed by atoms with Crippen molar-refractivity contribution >= 4 is 16.3 Å². The van der Waals surface area contributed by atoms with Crippen molar-refractivity contribution < 1.29 is 4.92 Å². The zero-order valence-electron chi connectivity index (χ0n) is 11.5. The van der Waals surface area contributed by atoms with Crippen molar-refractivity contribution in [2.45, 2.75) is 19.0 Å². The van der Waals surface area contributed by atoms with E-state index in [0.717, 1.165) is 51.4 Å². The fourth-order valence-electron chi connectivity index (χ4n) is 3.10. The lowest BCUT2D eigenvalue weighted by Crippen LogP contribution is -2.49. The smallest absolute Gasteiger partial charge is 0.314 e. The molecule has 3 heterocycles. The number of hydrogen-bond donors (Lipinski definition) is 1. The summed E-state index contributed by atoms with van der Waals surface area (Å²) in [4.78, 5) is 15.4. The first-order chi connectivity index (χ1) is 9.72. The van der Waals surface area contributed by atoms with E-state index in [4.69, 9.17) is 0 Å². The maximum absolute atomic E-state index is 10.7. The Morgan fingerprint density at radius 1 is 1.40 bits per heavy atom. The van der Waals surface area contributed by atoms with E-state index in [1.165, 1.54) is 17.8 Å². The van der Waals surface area contributed by atoms with Crippen LogP contribution in [0.5, 0.6) is 0 Å². The van der Waals surface area contributed by atoms with Crippen LogP contribution in [0.3, 0.4) is 0 Å². The van der Waals surface area contributed by atoms with E-state index in [0.29, 0.717) is 6.04 Å². The standard InChI is InChI=1S/C13H20N4O2S/c18-17(19)13-7-11(10-20-13)8-15-4-1-12(9-15)16-5-2-14-3-6-16/h7,10,12,14H,1-6,8-9H2. The molecule has 0 amide bonds. The molecule has 20 heavy (non-hydrogen) atoms. The third-order valence-electron chi connectivity index (χ3n) is 4.14. The molecule has 2 fully saturated rings. The van der Waals surface area contributed by atoms with Gasteiger partial charge < -0.3 is 5.32 Å². The van der Waals surface area contributed by atoms with Gasteiger partial charge in [-0.05, 0) is 12.0 Å². The molecule has 3 rings (SSSR count). The number of thiophene rings is 1. The highest BCUT2D eigenvalue weighted by molar-refractivity contribution is 7.13. The molecule has 1 atom stereocenters. The van der Waals surface area contributed by atoms with Crippen molar-refractivity contribution in [2.24, 2.45) is 0 Å². The van der Waals surface area contributed by atoms with Gasteiger partial charge >= 0.3 is 5.00 Å². The van der Waals surface area contributed by atoms with Crippen molar-refractivity contribution in [3.05, 3.63) is 27.1 Å². The van der Waals surface area contributed by atoms with E-state index < -0.39 is 0 Å². The predicted molar refractivity (Wildman–Crippen MR) is 79.1 cm³/mol. The minimum Gasteiger partial charge on any atom is -0.314 e. The van der Waals surface area contributed by atoms with Crippen molar-refractivity contribution in [3.8, 4) is 0 Å². The summed E-state index contributed by atoms with van der Waals surface area (Å²) in [6.07, 6.45) is 1.21. The predicted octanol–water partition coefficient (Wildman–Crippen LogP) is 1.14. The molecule has 2 saturated heterocycles. The Hall–Kier alpha value is -1.02. The number of nitro groups is 1. The van der Waals surface area contributed by atoms with Crippen LogP contribution >= 0.6 is 11.3 Å². The molecule has 0 saturated carbocycles. The van der Waals surface area contributed by atoms with Gasteiger partial charge in [-0.25, -0.2) is 0 Å².